The van der Waals surface area contributed by atoms with Gasteiger partial charge in [-0.15, -0.1) is 11.6 Å². The lowest BCUT2D eigenvalue weighted by atomic mass is 9.98. The number of piperidine rings is 1. The summed E-state index contributed by atoms with van der Waals surface area (Å²) in [5, 5.41) is -0.00491. The molecule has 2 atom stereocenters. The Kier molecular flexibility index (Phi) is 3.52. The summed E-state index contributed by atoms with van der Waals surface area (Å²) >= 11 is 6.16. The third-order valence-corrected chi connectivity index (χ3v) is 3.74. The standard InChI is InChI=1S/C12H15ClN2O2/c1-8-3-5-15(7-10(8)13)12(17)9-2-4-14-11(16)6-9/h2,4,6,8,10H,3,5,7H2,1H3,(H,14,16). The third kappa shape index (κ3) is 2.69. The van der Waals surface area contributed by atoms with E-state index in [0.29, 0.717) is 24.6 Å². The molecule has 0 aliphatic carbocycles. The number of pyridine rings is 1. The van der Waals surface area contributed by atoms with Gasteiger partial charge in [-0.3, -0.25) is 9.59 Å². The maximum atomic E-state index is 12.1. The SMILES string of the molecule is CC1CCN(C(=O)c2cc[nH]c(=O)c2)CC1Cl. The van der Waals surface area contributed by atoms with E-state index in [1.807, 2.05) is 0 Å². The smallest absolute Gasteiger partial charge is 0.254 e. The van der Waals surface area contributed by atoms with Crippen molar-refractivity contribution in [2.75, 3.05) is 13.1 Å². The molecule has 1 aliphatic heterocycles. The number of carbonyl (C=O) groups excluding carboxylic acids is 1. The fourth-order valence-electron chi connectivity index (χ4n) is 1.97. The van der Waals surface area contributed by atoms with Gasteiger partial charge in [0.05, 0.1) is 5.38 Å². The number of nitrogens with zero attached hydrogens (tertiary/aromatic N) is 1. The lowest BCUT2D eigenvalue weighted by Crippen LogP contribution is -2.44. The van der Waals surface area contributed by atoms with Gasteiger partial charge in [0.15, 0.2) is 0 Å². The summed E-state index contributed by atoms with van der Waals surface area (Å²) in [5.41, 5.74) is 0.163. The van der Waals surface area contributed by atoms with E-state index in [4.69, 9.17) is 11.6 Å². The molecule has 2 heterocycles. The summed E-state index contributed by atoms with van der Waals surface area (Å²) in [7, 11) is 0. The predicted molar refractivity (Wildman–Crippen MR) is 66.4 cm³/mol. The van der Waals surface area contributed by atoms with Crippen LogP contribution in [0.5, 0.6) is 0 Å². The highest BCUT2D eigenvalue weighted by molar-refractivity contribution is 6.21. The van der Waals surface area contributed by atoms with E-state index in [2.05, 4.69) is 11.9 Å². The van der Waals surface area contributed by atoms with E-state index in [9.17, 15) is 9.59 Å². The van der Waals surface area contributed by atoms with Gasteiger partial charge in [-0.2, -0.15) is 0 Å². The second-order valence-electron chi connectivity index (χ2n) is 4.47. The van der Waals surface area contributed by atoms with Crippen LogP contribution in [0.2, 0.25) is 0 Å². The first-order chi connectivity index (χ1) is 8.08. The van der Waals surface area contributed by atoms with Gasteiger partial charge in [0, 0.05) is 30.9 Å². The minimum atomic E-state index is -0.261. The molecule has 2 rings (SSSR count). The normalized spacial score (nSPS) is 24.7. The number of alkyl halides is 1. The molecule has 17 heavy (non-hydrogen) atoms. The molecule has 0 spiro atoms. The summed E-state index contributed by atoms with van der Waals surface area (Å²) in [6.45, 7) is 3.34. The number of aromatic amines is 1. The van der Waals surface area contributed by atoms with Gasteiger partial charge in [-0.05, 0) is 18.4 Å². The molecule has 1 aromatic heterocycles. The molecule has 0 aromatic carbocycles. The van der Waals surface area contributed by atoms with Crippen LogP contribution >= 0.6 is 11.6 Å². The van der Waals surface area contributed by atoms with Crippen molar-refractivity contribution in [2.24, 2.45) is 5.92 Å². The Labute approximate surface area is 105 Å². The Hall–Kier alpha value is -1.29. The number of aromatic nitrogens is 1. The molecule has 1 aromatic rings. The number of nitrogens with one attached hydrogen (secondary N) is 1. The molecule has 1 N–H and O–H groups in total. The van der Waals surface area contributed by atoms with Gasteiger partial charge in [0.1, 0.15) is 0 Å². The first kappa shape index (κ1) is 12.2. The Morgan fingerprint density at radius 3 is 3.00 bits per heavy atom. The molecule has 2 unspecified atom stereocenters. The maximum Gasteiger partial charge on any atom is 0.254 e. The van der Waals surface area contributed by atoms with Crippen LogP contribution in [0.1, 0.15) is 23.7 Å². The molecule has 1 fully saturated rings. The Morgan fingerprint density at radius 2 is 2.35 bits per heavy atom. The molecule has 1 saturated heterocycles. The quantitative estimate of drug-likeness (QED) is 0.772. The molecule has 0 bridgehead atoms. The van der Waals surface area contributed by atoms with Gasteiger partial charge in [0.25, 0.3) is 5.91 Å². The lowest BCUT2D eigenvalue weighted by molar-refractivity contribution is 0.0701. The zero-order valence-electron chi connectivity index (χ0n) is 9.65. The second-order valence-corrected chi connectivity index (χ2v) is 5.04. The molecule has 1 aliphatic rings. The van der Waals surface area contributed by atoms with Gasteiger partial charge in [-0.1, -0.05) is 6.92 Å². The summed E-state index contributed by atoms with van der Waals surface area (Å²) < 4.78 is 0. The highest BCUT2D eigenvalue weighted by Gasteiger charge is 2.27. The first-order valence-corrected chi connectivity index (χ1v) is 6.13. The van der Waals surface area contributed by atoms with Crippen molar-refractivity contribution in [2.45, 2.75) is 18.7 Å². The number of hydrogen-bond donors (Lipinski definition) is 1. The summed E-state index contributed by atoms with van der Waals surface area (Å²) in [5.74, 6) is 0.313. The van der Waals surface area contributed by atoms with Crippen molar-refractivity contribution < 1.29 is 4.79 Å². The van der Waals surface area contributed by atoms with Gasteiger partial charge >= 0.3 is 0 Å². The van der Waals surface area contributed by atoms with Crippen molar-refractivity contribution in [3.63, 3.8) is 0 Å². The highest BCUT2D eigenvalue weighted by Crippen LogP contribution is 2.22. The summed E-state index contributed by atoms with van der Waals surface area (Å²) in [6, 6.07) is 2.94. The third-order valence-electron chi connectivity index (χ3n) is 3.18. The van der Waals surface area contributed by atoms with Crippen molar-refractivity contribution in [1.82, 2.24) is 9.88 Å². The van der Waals surface area contributed by atoms with E-state index >= 15 is 0 Å². The number of likely N-dealkylation sites (tertiary alicyclic amines) is 1. The van der Waals surface area contributed by atoms with E-state index < -0.39 is 0 Å². The minimum absolute atomic E-state index is 0.00491. The number of amides is 1. The summed E-state index contributed by atoms with van der Waals surface area (Å²) in [6.07, 6.45) is 2.39. The fraction of sp³-hybridized carbons (Fsp3) is 0.500. The number of rotatable bonds is 1. The number of halogens is 1. The number of H-pyrrole nitrogens is 1. The fourth-order valence-corrected chi connectivity index (χ4v) is 2.26. The topological polar surface area (TPSA) is 53.2 Å². The van der Waals surface area contributed by atoms with Gasteiger partial charge in [0.2, 0.25) is 5.56 Å². The zero-order chi connectivity index (χ0) is 12.4. The van der Waals surface area contributed by atoms with Crippen LogP contribution < -0.4 is 5.56 Å². The van der Waals surface area contributed by atoms with E-state index in [0.717, 1.165) is 6.42 Å². The van der Waals surface area contributed by atoms with Crippen LogP contribution in [0.3, 0.4) is 0 Å². The number of hydrogen-bond acceptors (Lipinski definition) is 2. The highest BCUT2D eigenvalue weighted by atomic mass is 35.5. The average molecular weight is 255 g/mol. The molecule has 1 amide bonds. The van der Waals surface area contributed by atoms with E-state index in [1.165, 1.54) is 12.3 Å². The largest absolute Gasteiger partial charge is 0.337 e. The van der Waals surface area contributed by atoms with E-state index in [1.54, 1.807) is 11.0 Å². The van der Waals surface area contributed by atoms with Crippen LogP contribution in [0, 0.1) is 5.92 Å². The Balaban J connectivity index is 2.13. The van der Waals surface area contributed by atoms with Gasteiger partial charge in [-0.25, -0.2) is 0 Å². The zero-order valence-corrected chi connectivity index (χ0v) is 10.4. The Morgan fingerprint density at radius 1 is 1.59 bits per heavy atom. The van der Waals surface area contributed by atoms with Crippen molar-refractivity contribution in [3.05, 3.63) is 34.2 Å². The van der Waals surface area contributed by atoms with Crippen LogP contribution in [0.4, 0.5) is 0 Å². The number of carbonyl (C=O) groups is 1. The maximum absolute atomic E-state index is 12.1. The lowest BCUT2D eigenvalue weighted by Gasteiger charge is -2.33. The minimum Gasteiger partial charge on any atom is -0.337 e. The monoisotopic (exact) mass is 254 g/mol. The van der Waals surface area contributed by atoms with E-state index in [-0.39, 0.29) is 16.8 Å². The van der Waals surface area contributed by atoms with Crippen LogP contribution in [-0.2, 0) is 0 Å². The molecule has 92 valence electrons. The van der Waals surface area contributed by atoms with Crippen LogP contribution in [0.15, 0.2) is 23.1 Å². The first-order valence-electron chi connectivity index (χ1n) is 5.70. The van der Waals surface area contributed by atoms with Crippen molar-refractivity contribution >= 4 is 17.5 Å². The molecule has 4 nitrogen and oxygen atoms in total. The second kappa shape index (κ2) is 4.92. The molecule has 0 radical (unpaired) electrons. The Bertz CT molecular complexity index is 472. The summed E-state index contributed by atoms with van der Waals surface area (Å²) in [4.78, 5) is 27.5. The molecule has 5 heteroatoms. The molecule has 0 saturated carbocycles. The molecular weight excluding hydrogens is 240 g/mol. The van der Waals surface area contributed by atoms with Gasteiger partial charge < -0.3 is 9.88 Å². The predicted octanol–water partition coefficient (Wildman–Crippen LogP) is 1.46. The molecular formula is C12H15ClN2O2. The van der Waals surface area contributed by atoms with Crippen molar-refractivity contribution in [3.8, 4) is 0 Å². The average Bonchev–Trinajstić information content (AvgIpc) is 2.32. The van der Waals surface area contributed by atoms with Crippen LogP contribution in [0.25, 0.3) is 0 Å². The van der Waals surface area contributed by atoms with Crippen molar-refractivity contribution in [1.29, 1.82) is 0 Å². The van der Waals surface area contributed by atoms with Crippen LogP contribution in [-0.4, -0.2) is 34.3 Å².